The molecule has 2 aromatic heterocycles. The fourth-order valence-electron chi connectivity index (χ4n) is 3.06. The topological polar surface area (TPSA) is 79.0 Å². The highest BCUT2D eigenvalue weighted by Crippen LogP contribution is 2.24. The van der Waals surface area contributed by atoms with Crippen molar-refractivity contribution in [2.75, 3.05) is 19.3 Å². The third-order valence-electron chi connectivity index (χ3n) is 4.04. The standard InChI is InChI=1S/C14H20N4O2S2/c1-22(19,20)14-6-16-17-13(14)5-11-3-2-4-18(7-11)8-12-9-21-10-15-12/h6,9-11H,2-5,7-8H2,1H3,(H,16,17)/t11-/m1/s1. The largest absolute Gasteiger partial charge is 0.297 e. The Hall–Kier alpha value is -1.25. The van der Waals surface area contributed by atoms with Crippen LogP contribution in [0.4, 0.5) is 0 Å². The van der Waals surface area contributed by atoms with Crippen molar-refractivity contribution in [3.63, 3.8) is 0 Å². The molecule has 0 aromatic carbocycles. The van der Waals surface area contributed by atoms with Gasteiger partial charge in [0.1, 0.15) is 4.90 Å². The molecule has 120 valence electrons. The quantitative estimate of drug-likeness (QED) is 0.897. The molecule has 1 saturated heterocycles. The van der Waals surface area contributed by atoms with E-state index in [4.69, 9.17) is 0 Å². The number of sulfone groups is 1. The number of nitrogens with zero attached hydrogens (tertiary/aromatic N) is 3. The highest BCUT2D eigenvalue weighted by atomic mass is 32.2. The molecule has 0 saturated carbocycles. The second-order valence-electron chi connectivity index (χ2n) is 5.91. The molecule has 6 nitrogen and oxygen atoms in total. The summed E-state index contributed by atoms with van der Waals surface area (Å²) in [5.41, 5.74) is 3.71. The number of hydrogen-bond donors (Lipinski definition) is 1. The van der Waals surface area contributed by atoms with Gasteiger partial charge in [-0.15, -0.1) is 11.3 Å². The highest BCUT2D eigenvalue weighted by molar-refractivity contribution is 7.90. The van der Waals surface area contributed by atoms with E-state index in [1.165, 1.54) is 12.5 Å². The van der Waals surface area contributed by atoms with Crippen LogP contribution in [0.2, 0.25) is 0 Å². The summed E-state index contributed by atoms with van der Waals surface area (Å²) in [4.78, 5) is 7.08. The summed E-state index contributed by atoms with van der Waals surface area (Å²) in [5.74, 6) is 0.452. The molecule has 0 amide bonds. The van der Waals surface area contributed by atoms with E-state index in [0.717, 1.165) is 50.3 Å². The minimum absolute atomic E-state index is 0.337. The van der Waals surface area contributed by atoms with Crippen LogP contribution in [0.5, 0.6) is 0 Å². The number of nitrogens with one attached hydrogen (secondary N) is 1. The normalized spacial score (nSPS) is 20.3. The lowest BCUT2D eigenvalue weighted by Gasteiger charge is -2.32. The van der Waals surface area contributed by atoms with Crippen LogP contribution in [0, 0.1) is 5.92 Å². The van der Waals surface area contributed by atoms with Gasteiger partial charge in [0.05, 0.1) is 23.1 Å². The second kappa shape index (κ2) is 6.47. The zero-order valence-corrected chi connectivity index (χ0v) is 14.2. The molecule has 1 N–H and O–H groups in total. The average molecular weight is 340 g/mol. The van der Waals surface area contributed by atoms with E-state index in [0.29, 0.717) is 10.8 Å². The monoisotopic (exact) mass is 340 g/mol. The zero-order chi connectivity index (χ0) is 15.6. The summed E-state index contributed by atoms with van der Waals surface area (Å²) in [7, 11) is -3.21. The third kappa shape index (κ3) is 3.74. The van der Waals surface area contributed by atoms with E-state index in [9.17, 15) is 8.42 Å². The molecule has 0 radical (unpaired) electrons. The summed E-state index contributed by atoms with van der Waals surface area (Å²) in [6, 6.07) is 0. The highest BCUT2D eigenvalue weighted by Gasteiger charge is 2.24. The maximum absolute atomic E-state index is 11.8. The van der Waals surface area contributed by atoms with E-state index < -0.39 is 9.84 Å². The Morgan fingerprint density at radius 1 is 1.50 bits per heavy atom. The lowest BCUT2D eigenvalue weighted by molar-refractivity contribution is 0.164. The molecule has 2 aromatic rings. The maximum atomic E-state index is 11.8. The first kappa shape index (κ1) is 15.6. The van der Waals surface area contributed by atoms with Gasteiger partial charge in [-0.2, -0.15) is 5.10 Å². The summed E-state index contributed by atoms with van der Waals surface area (Å²) in [6.45, 7) is 2.93. The van der Waals surface area contributed by atoms with Gasteiger partial charge >= 0.3 is 0 Å². The molecular weight excluding hydrogens is 320 g/mol. The Bertz CT molecular complexity index is 709. The van der Waals surface area contributed by atoms with Gasteiger partial charge in [0.15, 0.2) is 9.84 Å². The minimum atomic E-state index is -3.21. The Morgan fingerprint density at radius 3 is 3.09 bits per heavy atom. The Balaban J connectivity index is 1.64. The van der Waals surface area contributed by atoms with Gasteiger partial charge in [-0.3, -0.25) is 10.00 Å². The van der Waals surface area contributed by atoms with Crippen LogP contribution in [0.15, 0.2) is 22.0 Å². The van der Waals surface area contributed by atoms with E-state index in [1.54, 1.807) is 11.3 Å². The van der Waals surface area contributed by atoms with Crippen molar-refractivity contribution < 1.29 is 8.42 Å². The molecule has 0 bridgehead atoms. The Morgan fingerprint density at radius 2 is 2.36 bits per heavy atom. The summed E-state index contributed by atoms with van der Waals surface area (Å²) < 4.78 is 23.5. The van der Waals surface area contributed by atoms with E-state index in [1.807, 2.05) is 5.51 Å². The molecule has 0 unspecified atom stereocenters. The zero-order valence-electron chi connectivity index (χ0n) is 12.5. The number of aromatic nitrogens is 3. The second-order valence-corrected chi connectivity index (χ2v) is 8.62. The van der Waals surface area contributed by atoms with Crippen molar-refractivity contribution in [2.24, 2.45) is 5.92 Å². The smallest absolute Gasteiger partial charge is 0.178 e. The molecule has 0 spiro atoms. The van der Waals surface area contributed by atoms with Crippen molar-refractivity contribution in [2.45, 2.75) is 30.7 Å². The number of H-pyrrole nitrogens is 1. The summed E-state index contributed by atoms with van der Waals surface area (Å²) >= 11 is 1.62. The number of thiazole rings is 1. The molecule has 22 heavy (non-hydrogen) atoms. The van der Waals surface area contributed by atoms with Crippen molar-refractivity contribution in [1.29, 1.82) is 0 Å². The van der Waals surface area contributed by atoms with Crippen LogP contribution >= 0.6 is 11.3 Å². The Labute approximate surface area is 134 Å². The molecule has 3 heterocycles. The third-order valence-corrected chi connectivity index (χ3v) is 5.83. The molecule has 1 fully saturated rings. The molecule has 1 atom stereocenters. The van der Waals surface area contributed by atoms with Crippen LogP contribution in [-0.2, 0) is 22.8 Å². The van der Waals surface area contributed by atoms with E-state index in [2.05, 4.69) is 25.5 Å². The predicted molar refractivity (Wildman–Crippen MR) is 85.5 cm³/mol. The van der Waals surface area contributed by atoms with Crippen molar-refractivity contribution in [3.8, 4) is 0 Å². The van der Waals surface area contributed by atoms with Gasteiger partial charge in [-0.1, -0.05) is 0 Å². The van der Waals surface area contributed by atoms with Gasteiger partial charge in [0.25, 0.3) is 0 Å². The lowest BCUT2D eigenvalue weighted by Crippen LogP contribution is -2.36. The number of rotatable bonds is 5. The SMILES string of the molecule is CS(=O)(=O)c1cn[nH]c1C[C@H]1CCCN(Cc2cscn2)C1. The number of likely N-dealkylation sites (tertiary alicyclic amines) is 1. The number of hydrogen-bond acceptors (Lipinski definition) is 6. The van der Waals surface area contributed by atoms with Gasteiger partial charge < -0.3 is 0 Å². The number of piperidine rings is 1. The van der Waals surface area contributed by atoms with Gasteiger partial charge in [0.2, 0.25) is 0 Å². The first-order valence-electron chi connectivity index (χ1n) is 7.34. The van der Waals surface area contributed by atoms with Crippen LogP contribution in [-0.4, -0.2) is 47.8 Å². The first-order chi connectivity index (χ1) is 10.5. The average Bonchev–Trinajstić information content (AvgIpc) is 3.10. The van der Waals surface area contributed by atoms with Crippen molar-refractivity contribution in [3.05, 3.63) is 28.5 Å². The first-order valence-corrected chi connectivity index (χ1v) is 10.2. The van der Waals surface area contributed by atoms with E-state index >= 15 is 0 Å². The van der Waals surface area contributed by atoms with Gasteiger partial charge in [-0.05, 0) is 31.7 Å². The van der Waals surface area contributed by atoms with Crippen LogP contribution < -0.4 is 0 Å². The van der Waals surface area contributed by atoms with E-state index in [-0.39, 0.29) is 0 Å². The van der Waals surface area contributed by atoms with Gasteiger partial charge in [-0.25, -0.2) is 13.4 Å². The fourth-order valence-corrected chi connectivity index (χ4v) is 4.43. The maximum Gasteiger partial charge on any atom is 0.178 e. The van der Waals surface area contributed by atoms with Crippen LogP contribution in [0.3, 0.4) is 0 Å². The molecular formula is C14H20N4O2S2. The lowest BCUT2D eigenvalue weighted by atomic mass is 9.93. The summed E-state index contributed by atoms with van der Waals surface area (Å²) in [6.07, 6.45) is 5.64. The predicted octanol–water partition coefficient (Wildman–Crippen LogP) is 1.72. The van der Waals surface area contributed by atoms with Crippen LogP contribution in [0.1, 0.15) is 24.2 Å². The fraction of sp³-hybridized carbons (Fsp3) is 0.571. The number of aromatic amines is 1. The molecule has 1 aliphatic rings. The molecule has 1 aliphatic heterocycles. The van der Waals surface area contributed by atoms with Crippen LogP contribution in [0.25, 0.3) is 0 Å². The van der Waals surface area contributed by atoms with Gasteiger partial charge in [0, 0.05) is 24.7 Å². The van der Waals surface area contributed by atoms with Crippen molar-refractivity contribution >= 4 is 21.2 Å². The minimum Gasteiger partial charge on any atom is -0.297 e. The Kier molecular flexibility index (Phi) is 4.60. The molecule has 3 rings (SSSR count). The summed E-state index contributed by atoms with van der Waals surface area (Å²) in [5, 5.41) is 8.85. The van der Waals surface area contributed by atoms with Crippen molar-refractivity contribution in [1.82, 2.24) is 20.1 Å². The molecule has 8 heteroatoms. The molecule has 0 aliphatic carbocycles.